The summed E-state index contributed by atoms with van der Waals surface area (Å²) in [5.74, 6) is 1.38. The number of rotatable bonds is 8. The van der Waals surface area contributed by atoms with E-state index in [0.717, 1.165) is 28.5 Å². The number of amides is 1. The molecule has 0 aliphatic rings. The molecule has 1 unspecified atom stereocenters. The van der Waals surface area contributed by atoms with Gasteiger partial charge in [-0.2, -0.15) is 0 Å². The van der Waals surface area contributed by atoms with Gasteiger partial charge in [-0.3, -0.25) is 10.1 Å². The van der Waals surface area contributed by atoms with Gasteiger partial charge in [0.2, 0.25) is 5.13 Å². The average molecular weight is 386 g/mol. The lowest BCUT2D eigenvalue weighted by atomic mass is 10.2. The maximum Gasteiger partial charge on any atom is 0.266 e. The number of thioether (sulfide) groups is 1. The highest BCUT2D eigenvalue weighted by Gasteiger charge is 2.18. The predicted octanol–water partition coefficient (Wildman–Crippen LogP) is 4.80. The zero-order valence-electron chi connectivity index (χ0n) is 13.8. The zero-order chi connectivity index (χ0) is 17.5. The van der Waals surface area contributed by atoms with Gasteiger partial charge in [-0.05, 0) is 44.0 Å². The van der Waals surface area contributed by atoms with Crippen LogP contribution in [0.2, 0.25) is 5.02 Å². The number of aryl methyl sites for hydroxylation is 1. The molecule has 5 nitrogen and oxygen atoms in total. The molecule has 2 aromatic rings. The third kappa shape index (κ3) is 5.65. The van der Waals surface area contributed by atoms with Crippen molar-refractivity contribution in [2.75, 3.05) is 11.1 Å². The van der Waals surface area contributed by atoms with Crippen molar-refractivity contribution < 1.29 is 9.53 Å². The first-order valence-corrected chi connectivity index (χ1v) is 9.87. The number of nitrogens with one attached hydrogen (secondary N) is 1. The minimum absolute atomic E-state index is 0.259. The van der Waals surface area contributed by atoms with E-state index in [0.29, 0.717) is 15.9 Å². The van der Waals surface area contributed by atoms with Crippen LogP contribution in [0.25, 0.3) is 0 Å². The van der Waals surface area contributed by atoms with E-state index in [1.54, 1.807) is 36.9 Å². The molecule has 2 rings (SSSR count). The number of hydrogen-bond acceptors (Lipinski definition) is 6. The molecular weight excluding hydrogens is 366 g/mol. The summed E-state index contributed by atoms with van der Waals surface area (Å²) in [6.07, 6.45) is 1.64. The summed E-state index contributed by atoms with van der Waals surface area (Å²) in [5.41, 5.74) is 0.882. The van der Waals surface area contributed by atoms with E-state index in [1.165, 1.54) is 11.3 Å². The first-order chi connectivity index (χ1) is 11.5. The number of aromatic nitrogens is 2. The second-order valence-corrected chi connectivity index (χ2v) is 7.99. The summed E-state index contributed by atoms with van der Waals surface area (Å²) in [7, 11) is 0. The van der Waals surface area contributed by atoms with Gasteiger partial charge in [0.25, 0.3) is 5.91 Å². The number of unbranched alkanes of at least 4 members (excludes halogenated alkanes) is 1. The van der Waals surface area contributed by atoms with Gasteiger partial charge < -0.3 is 4.74 Å². The molecule has 1 N–H and O–H groups in total. The molecule has 0 bridgehead atoms. The lowest BCUT2D eigenvalue weighted by Gasteiger charge is -2.15. The summed E-state index contributed by atoms with van der Waals surface area (Å²) in [6.45, 7) is 5.73. The van der Waals surface area contributed by atoms with Crippen LogP contribution in [0.3, 0.4) is 0 Å². The van der Waals surface area contributed by atoms with Crippen LogP contribution in [0, 0.1) is 6.92 Å². The molecule has 0 spiro atoms. The van der Waals surface area contributed by atoms with Crippen molar-refractivity contribution in [2.24, 2.45) is 0 Å². The largest absolute Gasteiger partial charge is 0.481 e. The highest BCUT2D eigenvalue weighted by molar-refractivity contribution is 8.01. The maximum atomic E-state index is 12.2. The number of benzene rings is 1. The third-order valence-corrected chi connectivity index (χ3v) is 5.46. The second kappa shape index (κ2) is 9.25. The molecule has 0 saturated heterocycles. The molecule has 0 fully saturated rings. The molecule has 24 heavy (non-hydrogen) atoms. The Bertz CT molecular complexity index is 694. The van der Waals surface area contributed by atoms with E-state index in [2.05, 4.69) is 22.4 Å². The van der Waals surface area contributed by atoms with Crippen molar-refractivity contribution in [1.29, 1.82) is 0 Å². The average Bonchev–Trinajstić information content (AvgIpc) is 2.97. The Labute approximate surface area is 155 Å². The standard InChI is InChI=1S/C16H20ClN3O2S2/c1-4-5-8-23-16-20-19-15(24-16)18-14(21)11(3)22-13-7-6-12(17)9-10(13)2/h6-7,9,11H,4-5,8H2,1-3H3,(H,18,19,21). The predicted molar refractivity (Wildman–Crippen MR) is 100 cm³/mol. The van der Waals surface area contributed by atoms with Gasteiger partial charge in [0.1, 0.15) is 5.75 Å². The first kappa shape index (κ1) is 19.0. The quantitative estimate of drug-likeness (QED) is 0.401. The maximum absolute atomic E-state index is 12.2. The number of anilines is 1. The van der Waals surface area contributed by atoms with Crippen molar-refractivity contribution in [3.63, 3.8) is 0 Å². The molecular formula is C16H20ClN3O2S2. The number of carbonyl (C=O) groups excluding carboxylic acids is 1. The fourth-order valence-corrected chi connectivity index (χ4v) is 3.95. The third-order valence-electron chi connectivity index (χ3n) is 3.17. The lowest BCUT2D eigenvalue weighted by molar-refractivity contribution is -0.122. The van der Waals surface area contributed by atoms with Gasteiger partial charge in [0.15, 0.2) is 10.4 Å². The van der Waals surface area contributed by atoms with Crippen molar-refractivity contribution in [3.05, 3.63) is 28.8 Å². The molecule has 0 aliphatic carbocycles. The Kier molecular flexibility index (Phi) is 7.33. The molecule has 1 aromatic carbocycles. The SMILES string of the molecule is CCCCSc1nnc(NC(=O)C(C)Oc2ccc(Cl)cc2C)s1. The second-order valence-electron chi connectivity index (χ2n) is 5.23. The molecule has 1 amide bonds. The van der Waals surface area contributed by atoms with Gasteiger partial charge in [-0.25, -0.2) is 0 Å². The van der Waals surface area contributed by atoms with Crippen LogP contribution in [-0.4, -0.2) is 28.0 Å². The van der Waals surface area contributed by atoms with Gasteiger partial charge in [0, 0.05) is 10.8 Å². The fraction of sp³-hybridized carbons (Fsp3) is 0.438. The van der Waals surface area contributed by atoms with Crippen molar-refractivity contribution >= 4 is 45.7 Å². The van der Waals surface area contributed by atoms with Crippen LogP contribution in [0.5, 0.6) is 5.75 Å². The summed E-state index contributed by atoms with van der Waals surface area (Å²) in [5, 5.41) is 11.9. The topological polar surface area (TPSA) is 64.1 Å². The van der Waals surface area contributed by atoms with Crippen molar-refractivity contribution in [2.45, 2.75) is 44.1 Å². The van der Waals surface area contributed by atoms with Crippen molar-refractivity contribution in [1.82, 2.24) is 10.2 Å². The minimum atomic E-state index is -0.648. The van der Waals surface area contributed by atoms with E-state index < -0.39 is 6.10 Å². The minimum Gasteiger partial charge on any atom is -0.481 e. The number of carbonyl (C=O) groups is 1. The number of nitrogens with zero attached hydrogens (tertiary/aromatic N) is 2. The summed E-state index contributed by atoms with van der Waals surface area (Å²) in [6, 6.07) is 5.29. The molecule has 1 aromatic heterocycles. The molecule has 1 heterocycles. The lowest BCUT2D eigenvalue weighted by Crippen LogP contribution is -2.30. The Morgan fingerprint density at radius 3 is 2.96 bits per heavy atom. The Morgan fingerprint density at radius 1 is 1.46 bits per heavy atom. The molecule has 0 radical (unpaired) electrons. The smallest absolute Gasteiger partial charge is 0.266 e. The van der Waals surface area contributed by atoms with E-state index in [-0.39, 0.29) is 5.91 Å². The first-order valence-electron chi connectivity index (χ1n) is 7.69. The highest BCUT2D eigenvalue weighted by Crippen LogP contribution is 2.27. The summed E-state index contributed by atoms with van der Waals surface area (Å²) < 4.78 is 6.56. The number of ether oxygens (including phenoxy) is 1. The van der Waals surface area contributed by atoms with Crippen LogP contribution >= 0.6 is 34.7 Å². The Morgan fingerprint density at radius 2 is 2.25 bits per heavy atom. The summed E-state index contributed by atoms with van der Waals surface area (Å²) >= 11 is 8.95. The monoisotopic (exact) mass is 385 g/mol. The molecule has 8 heteroatoms. The molecule has 1 atom stereocenters. The van der Waals surface area contributed by atoms with E-state index in [4.69, 9.17) is 16.3 Å². The normalized spacial score (nSPS) is 12.0. The van der Waals surface area contributed by atoms with Crippen LogP contribution in [0.15, 0.2) is 22.5 Å². The Hall–Kier alpha value is -1.31. The Balaban J connectivity index is 1.89. The molecule has 0 saturated carbocycles. The highest BCUT2D eigenvalue weighted by atomic mass is 35.5. The van der Waals surface area contributed by atoms with E-state index in [1.807, 2.05) is 6.92 Å². The number of halogens is 1. The van der Waals surface area contributed by atoms with Crippen molar-refractivity contribution in [3.8, 4) is 5.75 Å². The van der Waals surface area contributed by atoms with Gasteiger partial charge in [-0.1, -0.05) is 48.0 Å². The van der Waals surface area contributed by atoms with E-state index in [9.17, 15) is 4.79 Å². The summed E-state index contributed by atoms with van der Waals surface area (Å²) in [4.78, 5) is 12.2. The van der Waals surface area contributed by atoms with Gasteiger partial charge in [-0.15, -0.1) is 10.2 Å². The fourth-order valence-electron chi connectivity index (χ4n) is 1.82. The van der Waals surface area contributed by atoms with E-state index >= 15 is 0 Å². The van der Waals surface area contributed by atoms with Crippen LogP contribution in [0.1, 0.15) is 32.3 Å². The van der Waals surface area contributed by atoms with Gasteiger partial charge >= 0.3 is 0 Å². The molecule has 130 valence electrons. The number of hydrogen-bond donors (Lipinski definition) is 1. The van der Waals surface area contributed by atoms with Crippen LogP contribution < -0.4 is 10.1 Å². The van der Waals surface area contributed by atoms with Crippen LogP contribution in [0.4, 0.5) is 5.13 Å². The van der Waals surface area contributed by atoms with Crippen LogP contribution in [-0.2, 0) is 4.79 Å². The van der Waals surface area contributed by atoms with Gasteiger partial charge in [0.05, 0.1) is 0 Å². The molecule has 0 aliphatic heterocycles. The zero-order valence-corrected chi connectivity index (χ0v) is 16.2.